The number of hydrogen-bond acceptors (Lipinski definition) is 3. The molecule has 2 fully saturated rings. The number of carbonyl (C=O) groups is 1. The average molecular weight is 259 g/mol. The monoisotopic (exact) mass is 259 g/mol. The van der Waals surface area contributed by atoms with E-state index in [0.717, 1.165) is 32.4 Å². The molecule has 0 N–H and O–H groups in total. The van der Waals surface area contributed by atoms with Crippen molar-refractivity contribution < 1.29 is 9.53 Å². The van der Waals surface area contributed by atoms with Crippen LogP contribution in [0, 0.1) is 11.8 Å². The molecule has 0 spiro atoms. The number of nitrogens with zero attached hydrogens (tertiary/aromatic N) is 1. The van der Waals surface area contributed by atoms with Crippen LogP contribution in [-0.4, -0.2) is 30.6 Å². The van der Waals surface area contributed by atoms with Crippen molar-refractivity contribution in [2.45, 2.75) is 31.8 Å². The smallest absolute Gasteiger partial charge is 0.308 e. The van der Waals surface area contributed by atoms with Gasteiger partial charge < -0.3 is 4.74 Å². The second-order valence-electron chi connectivity index (χ2n) is 5.77. The van der Waals surface area contributed by atoms with Crippen molar-refractivity contribution in [1.29, 1.82) is 0 Å². The number of hydrogen-bond donors (Lipinski definition) is 0. The van der Waals surface area contributed by atoms with Crippen LogP contribution in [0.1, 0.15) is 24.8 Å². The van der Waals surface area contributed by atoms with Crippen LogP contribution in [0.5, 0.6) is 0 Å². The Labute approximate surface area is 114 Å². The molecule has 2 bridgehead atoms. The summed E-state index contributed by atoms with van der Waals surface area (Å²) in [5.41, 5.74) is 1.37. The van der Waals surface area contributed by atoms with Crippen molar-refractivity contribution in [3.63, 3.8) is 0 Å². The maximum Gasteiger partial charge on any atom is 0.308 e. The fourth-order valence-electron chi connectivity index (χ4n) is 3.70. The van der Waals surface area contributed by atoms with Gasteiger partial charge in [-0.2, -0.15) is 0 Å². The van der Waals surface area contributed by atoms with Gasteiger partial charge in [0, 0.05) is 19.1 Å². The lowest BCUT2D eigenvalue weighted by Gasteiger charge is -2.27. The lowest BCUT2D eigenvalue weighted by Crippen LogP contribution is -2.30. The SMILES string of the molecule is COC(=O)[C@H]1CC[C@@H]2C[C@H]1CN2Cc1ccccc1. The maximum absolute atomic E-state index is 11.8. The first kappa shape index (κ1) is 12.7. The average Bonchev–Trinajstić information content (AvgIpc) is 2.76. The number of ether oxygens (including phenoxy) is 1. The molecule has 3 atom stereocenters. The highest BCUT2D eigenvalue weighted by atomic mass is 16.5. The van der Waals surface area contributed by atoms with Crippen LogP contribution in [-0.2, 0) is 16.1 Å². The van der Waals surface area contributed by atoms with Gasteiger partial charge in [-0.25, -0.2) is 0 Å². The predicted octanol–water partition coefficient (Wildman–Crippen LogP) is 2.46. The Morgan fingerprint density at radius 3 is 2.84 bits per heavy atom. The van der Waals surface area contributed by atoms with Gasteiger partial charge in [-0.3, -0.25) is 9.69 Å². The van der Waals surface area contributed by atoms with Crippen LogP contribution < -0.4 is 0 Å². The number of likely N-dealkylation sites (tertiary alicyclic amines) is 1. The fraction of sp³-hybridized carbons (Fsp3) is 0.562. The first-order valence-electron chi connectivity index (χ1n) is 7.13. The Balaban J connectivity index is 1.66. The zero-order valence-electron chi connectivity index (χ0n) is 11.4. The van der Waals surface area contributed by atoms with Crippen molar-refractivity contribution in [3.8, 4) is 0 Å². The topological polar surface area (TPSA) is 29.5 Å². The van der Waals surface area contributed by atoms with E-state index < -0.39 is 0 Å². The number of methoxy groups -OCH3 is 1. The van der Waals surface area contributed by atoms with Crippen LogP contribution in [0.25, 0.3) is 0 Å². The van der Waals surface area contributed by atoms with Crippen LogP contribution in [0.15, 0.2) is 30.3 Å². The summed E-state index contributed by atoms with van der Waals surface area (Å²) in [5.74, 6) is 0.613. The number of esters is 1. The minimum absolute atomic E-state index is 0.00925. The molecule has 0 amide bonds. The molecule has 19 heavy (non-hydrogen) atoms. The Kier molecular flexibility index (Phi) is 3.56. The van der Waals surface area contributed by atoms with Gasteiger partial charge in [-0.1, -0.05) is 30.3 Å². The predicted molar refractivity (Wildman–Crippen MR) is 73.5 cm³/mol. The van der Waals surface area contributed by atoms with Crippen LogP contribution in [0.4, 0.5) is 0 Å². The minimum atomic E-state index is -0.00925. The highest BCUT2D eigenvalue weighted by molar-refractivity contribution is 5.73. The van der Waals surface area contributed by atoms with Crippen LogP contribution in [0.3, 0.4) is 0 Å². The van der Waals surface area contributed by atoms with Crippen molar-refractivity contribution in [2.75, 3.05) is 13.7 Å². The van der Waals surface area contributed by atoms with E-state index in [-0.39, 0.29) is 11.9 Å². The molecule has 1 aromatic rings. The lowest BCUT2D eigenvalue weighted by atomic mass is 9.80. The molecular formula is C16H21NO2. The quantitative estimate of drug-likeness (QED) is 0.781. The summed E-state index contributed by atoms with van der Waals surface area (Å²) < 4.78 is 4.94. The molecule has 1 saturated carbocycles. The van der Waals surface area contributed by atoms with E-state index in [1.807, 2.05) is 0 Å². The van der Waals surface area contributed by atoms with E-state index >= 15 is 0 Å². The van der Waals surface area contributed by atoms with E-state index in [0.29, 0.717) is 12.0 Å². The normalized spacial score (nSPS) is 30.3. The second kappa shape index (κ2) is 5.33. The zero-order chi connectivity index (χ0) is 13.2. The molecule has 1 aliphatic heterocycles. The minimum Gasteiger partial charge on any atom is -0.469 e. The molecule has 0 unspecified atom stereocenters. The number of benzene rings is 1. The lowest BCUT2D eigenvalue weighted by molar-refractivity contribution is -0.148. The molecule has 3 heteroatoms. The van der Waals surface area contributed by atoms with E-state index in [9.17, 15) is 4.79 Å². The molecular weight excluding hydrogens is 238 g/mol. The third kappa shape index (κ3) is 2.52. The summed E-state index contributed by atoms with van der Waals surface area (Å²) in [5, 5.41) is 0. The molecule has 2 aliphatic rings. The highest BCUT2D eigenvalue weighted by Gasteiger charge is 2.43. The van der Waals surface area contributed by atoms with Gasteiger partial charge in [0.15, 0.2) is 0 Å². The second-order valence-corrected chi connectivity index (χ2v) is 5.77. The molecule has 1 aliphatic carbocycles. The van der Waals surface area contributed by atoms with E-state index in [4.69, 9.17) is 4.74 Å². The third-order valence-electron chi connectivity index (χ3n) is 4.67. The molecule has 1 heterocycles. The maximum atomic E-state index is 11.8. The summed E-state index contributed by atoms with van der Waals surface area (Å²) in [6.07, 6.45) is 3.28. The molecule has 3 rings (SSSR count). The van der Waals surface area contributed by atoms with E-state index in [2.05, 4.69) is 35.2 Å². The van der Waals surface area contributed by atoms with Crippen molar-refractivity contribution >= 4 is 5.97 Å². The Morgan fingerprint density at radius 1 is 1.32 bits per heavy atom. The van der Waals surface area contributed by atoms with Gasteiger partial charge in [-0.05, 0) is 30.7 Å². The largest absolute Gasteiger partial charge is 0.469 e. The summed E-state index contributed by atoms with van der Waals surface area (Å²) in [4.78, 5) is 14.3. The molecule has 0 aromatic heterocycles. The molecule has 1 saturated heterocycles. The third-order valence-corrected chi connectivity index (χ3v) is 4.67. The highest BCUT2D eigenvalue weighted by Crippen LogP contribution is 2.40. The Morgan fingerprint density at radius 2 is 2.11 bits per heavy atom. The van der Waals surface area contributed by atoms with Gasteiger partial charge >= 0.3 is 5.97 Å². The number of rotatable bonds is 3. The van der Waals surface area contributed by atoms with Crippen molar-refractivity contribution in [3.05, 3.63) is 35.9 Å². The fourth-order valence-corrected chi connectivity index (χ4v) is 3.70. The zero-order valence-corrected chi connectivity index (χ0v) is 11.4. The van der Waals surface area contributed by atoms with Gasteiger partial charge in [0.05, 0.1) is 13.0 Å². The summed E-state index contributed by atoms with van der Waals surface area (Å²) in [6, 6.07) is 11.3. The van der Waals surface area contributed by atoms with E-state index in [1.54, 1.807) is 0 Å². The van der Waals surface area contributed by atoms with E-state index in [1.165, 1.54) is 12.7 Å². The summed E-state index contributed by atoms with van der Waals surface area (Å²) in [6.45, 7) is 2.05. The number of carbonyl (C=O) groups excluding carboxylic acids is 1. The van der Waals surface area contributed by atoms with Crippen molar-refractivity contribution in [2.24, 2.45) is 11.8 Å². The first-order valence-corrected chi connectivity index (χ1v) is 7.13. The van der Waals surface area contributed by atoms with Crippen molar-refractivity contribution in [1.82, 2.24) is 4.90 Å². The molecule has 3 nitrogen and oxygen atoms in total. The van der Waals surface area contributed by atoms with Crippen LogP contribution >= 0.6 is 0 Å². The van der Waals surface area contributed by atoms with Gasteiger partial charge in [0.2, 0.25) is 0 Å². The Hall–Kier alpha value is -1.35. The van der Waals surface area contributed by atoms with Crippen LogP contribution in [0.2, 0.25) is 0 Å². The molecule has 1 aromatic carbocycles. The van der Waals surface area contributed by atoms with Gasteiger partial charge in [-0.15, -0.1) is 0 Å². The summed E-state index contributed by atoms with van der Waals surface area (Å²) in [7, 11) is 1.51. The first-order chi connectivity index (χ1) is 9.28. The number of fused-ring (bicyclic) bond motifs is 2. The Bertz CT molecular complexity index is 445. The molecule has 102 valence electrons. The van der Waals surface area contributed by atoms with Gasteiger partial charge in [0.1, 0.15) is 0 Å². The summed E-state index contributed by atoms with van der Waals surface area (Å²) >= 11 is 0. The standard InChI is InChI=1S/C16H21NO2/c1-19-16(18)15-8-7-14-9-13(15)11-17(14)10-12-5-3-2-4-6-12/h2-6,13-15H,7-11H2,1H3/t13-,14+,15-/m0/s1. The van der Waals surface area contributed by atoms with Gasteiger partial charge in [0.25, 0.3) is 0 Å². The molecule has 0 radical (unpaired) electrons.